The molecule has 1 aliphatic heterocycles. The Morgan fingerprint density at radius 2 is 2.24 bits per heavy atom. The predicted molar refractivity (Wildman–Crippen MR) is 86.2 cm³/mol. The molecule has 1 saturated heterocycles. The van der Waals surface area contributed by atoms with E-state index in [2.05, 4.69) is 41.1 Å². The van der Waals surface area contributed by atoms with E-state index in [0.29, 0.717) is 5.92 Å². The summed E-state index contributed by atoms with van der Waals surface area (Å²) < 4.78 is 0. The molecular weight excluding hydrogens is 260 g/mol. The first kappa shape index (κ1) is 14.0. The van der Waals surface area contributed by atoms with Crippen LogP contribution in [0.1, 0.15) is 18.4 Å². The van der Waals surface area contributed by atoms with E-state index in [1.807, 2.05) is 12.3 Å². The van der Waals surface area contributed by atoms with Crippen LogP contribution in [0.25, 0.3) is 11.3 Å². The SMILES string of the molecule is Cc1cccc(-c2ccnc(N3CCCC(CN)C3)n2)c1. The number of piperidine rings is 1. The maximum absolute atomic E-state index is 5.81. The third kappa shape index (κ3) is 3.22. The Balaban J connectivity index is 1.86. The first-order valence-electron chi connectivity index (χ1n) is 7.61. The molecule has 1 aromatic carbocycles. The lowest BCUT2D eigenvalue weighted by atomic mass is 9.99. The molecule has 3 rings (SSSR count). The second-order valence-corrected chi connectivity index (χ2v) is 5.80. The van der Waals surface area contributed by atoms with E-state index in [0.717, 1.165) is 36.8 Å². The van der Waals surface area contributed by atoms with Crippen LogP contribution in [0.4, 0.5) is 5.95 Å². The topological polar surface area (TPSA) is 55.0 Å². The van der Waals surface area contributed by atoms with Crippen molar-refractivity contribution in [1.29, 1.82) is 0 Å². The third-order valence-corrected chi connectivity index (χ3v) is 4.09. The van der Waals surface area contributed by atoms with E-state index in [4.69, 9.17) is 10.7 Å². The van der Waals surface area contributed by atoms with Crippen molar-refractivity contribution < 1.29 is 0 Å². The Morgan fingerprint density at radius 1 is 1.33 bits per heavy atom. The van der Waals surface area contributed by atoms with Crippen LogP contribution in [0.15, 0.2) is 36.5 Å². The zero-order chi connectivity index (χ0) is 14.7. The molecule has 1 aliphatic rings. The number of rotatable bonds is 3. The van der Waals surface area contributed by atoms with Crippen molar-refractivity contribution in [1.82, 2.24) is 9.97 Å². The highest BCUT2D eigenvalue weighted by atomic mass is 15.3. The number of aromatic nitrogens is 2. The maximum Gasteiger partial charge on any atom is 0.225 e. The fourth-order valence-corrected chi connectivity index (χ4v) is 2.91. The second-order valence-electron chi connectivity index (χ2n) is 5.80. The highest BCUT2D eigenvalue weighted by Crippen LogP contribution is 2.23. The molecule has 4 heteroatoms. The molecule has 0 radical (unpaired) electrons. The van der Waals surface area contributed by atoms with Gasteiger partial charge in [0.2, 0.25) is 5.95 Å². The minimum Gasteiger partial charge on any atom is -0.340 e. The molecule has 2 N–H and O–H groups in total. The zero-order valence-corrected chi connectivity index (χ0v) is 12.5. The van der Waals surface area contributed by atoms with E-state index in [1.54, 1.807) is 0 Å². The number of nitrogens with zero attached hydrogens (tertiary/aromatic N) is 3. The zero-order valence-electron chi connectivity index (χ0n) is 12.5. The molecule has 1 atom stereocenters. The van der Waals surface area contributed by atoms with Crippen molar-refractivity contribution in [3.05, 3.63) is 42.1 Å². The summed E-state index contributed by atoms with van der Waals surface area (Å²) in [5.41, 5.74) is 9.19. The Morgan fingerprint density at radius 3 is 3.05 bits per heavy atom. The van der Waals surface area contributed by atoms with Gasteiger partial charge in [0.15, 0.2) is 0 Å². The average molecular weight is 282 g/mol. The summed E-state index contributed by atoms with van der Waals surface area (Å²) >= 11 is 0. The van der Waals surface area contributed by atoms with Crippen molar-refractivity contribution >= 4 is 5.95 Å². The van der Waals surface area contributed by atoms with Crippen LogP contribution in [0.2, 0.25) is 0 Å². The van der Waals surface area contributed by atoms with Crippen LogP contribution in [-0.2, 0) is 0 Å². The molecule has 1 unspecified atom stereocenters. The Kier molecular flexibility index (Phi) is 4.15. The smallest absolute Gasteiger partial charge is 0.225 e. The van der Waals surface area contributed by atoms with Gasteiger partial charge in [0, 0.05) is 24.8 Å². The van der Waals surface area contributed by atoms with Gasteiger partial charge in [-0.25, -0.2) is 9.97 Å². The van der Waals surface area contributed by atoms with Gasteiger partial charge in [-0.2, -0.15) is 0 Å². The quantitative estimate of drug-likeness (QED) is 0.940. The van der Waals surface area contributed by atoms with Gasteiger partial charge in [-0.05, 0) is 44.4 Å². The molecule has 2 heterocycles. The third-order valence-electron chi connectivity index (χ3n) is 4.09. The molecule has 0 saturated carbocycles. The number of hydrogen-bond donors (Lipinski definition) is 1. The molecule has 110 valence electrons. The normalized spacial score (nSPS) is 18.8. The summed E-state index contributed by atoms with van der Waals surface area (Å²) in [6, 6.07) is 10.4. The van der Waals surface area contributed by atoms with Gasteiger partial charge in [0.1, 0.15) is 0 Å². The van der Waals surface area contributed by atoms with Crippen molar-refractivity contribution in [2.45, 2.75) is 19.8 Å². The molecule has 21 heavy (non-hydrogen) atoms. The van der Waals surface area contributed by atoms with E-state index in [9.17, 15) is 0 Å². The minimum absolute atomic E-state index is 0.560. The van der Waals surface area contributed by atoms with Gasteiger partial charge in [-0.3, -0.25) is 0 Å². The van der Waals surface area contributed by atoms with Crippen molar-refractivity contribution in [3.63, 3.8) is 0 Å². The molecular formula is C17H22N4. The van der Waals surface area contributed by atoms with E-state index in [-0.39, 0.29) is 0 Å². The van der Waals surface area contributed by atoms with Gasteiger partial charge in [0.05, 0.1) is 5.69 Å². The fourth-order valence-electron chi connectivity index (χ4n) is 2.91. The highest BCUT2D eigenvalue weighted by molar-refractivity contribution is 5.61. The minimum atomic E-state index is 0.560. The van der Waals surface area contributed by atoms with Crippen LogP contribution in [0, 0.1) is 12.8 Å². The van der Waals surface area contributed by atoms with E-state index >= 15 is 0 Å². The molecule has 0 amide bonds. The summed E-state index contributed by atoms with van der Waals surface area (Å²) in [6.45, 7) is 4.83. The molecule has 4 nitrogen and oxygen atoms in total. The summed E-state index contributed by atoms with van der Waals surface area (Å²) in [5, 5.41) is 0. The van der Waals surface area contributed by atoms with Gasteiger partial charge in [-0.15, -0.1) is 0 Å². The second kappa shape index (κ2) is 6.22. The summed E-state index contributed by atoms with van der Waals surface area (Å²) in [5.74, 6) is 1.39. The maximum atomic E-state index is 5.81. The van der Waals surface area contributed by atoms with Crippen LogP contribution < -0.4 is 10.6 Å². The lowest BCUT2D eigenvalue weighted by Crippen LogP contribution is -2.39. The molecule has 1 fully saturated rings. The van der Waals surface area contributed by atoms with Gasteiger partial charge in [-0.1, -0.05) is 23.8 Å². The van der Waals surface area contributed by atoms with Crippen molar-refractivity contribution in [2.75, 3.05) is 24.5 Å². The Labute approximate surface area is 126 Å². The molecule has 1 aromatic heterocycles. The van der Waals surface area contributed by atoms with Crippen LogP contribution in [-0.4, -0.2) is 29.6 Å². The lowest BCUT2D eigenvalue weighted by Gasteiger charge is -2.32. The van der Waals surface area contributed by atoms with Gasteiger partial charge < -0.3 is 10.6 Å². The lowest BCUT2D eigenvalue weighted by molar-refractivity contribution is 0.419. The first-order valence-corrected chi connectivity index (χ1v) is 7.61. The molecule has 0 spiro atoms. The predicted octanol–water partition coefficient (Wildman–Crippen LogP) is 2.63. The van der Waals surface area contributed by atoms with Gasteiger partial charge in [0.25, 0.3) is 0 Å². The highest BCUT2D eigenvalue weighted by Gasteiger charge is 2.20. The summed E-state index contributed by atoms with van der Waals surface area (Å²) in [4.78, 5) is 11.5. The van der Waals surface area contributed by atoms with E-state index in [1.165, 1.54) is 18.4 Å². The number of hydrogen-bond acceptors (Lipinski definition) is 4. The molecule has 0 bridgehead atoms. The van der Waals surface area contributed by atoms with E-state index < -0.39 is 0 Å². The monoisotopic (exact) mass is 282 g/mol. The van der Waals surface area contributed by atoms with Gasteiger partial charge >= 0.3 is 0 Å². The number of benzene rings is 1. The van der Waals surface area contributed by atoms with Crippen LogP contribution in [0.5, 0.6) is 0 Å². The molecule has 0 aliphatic carbocycles. The van der Waals surface area contributed by atoms with Crippen LogP contribution in [0.3, 0.4) is 0 Å². The van der Waals surface area contributed by atoms with Crippen molar-refractivity contribution in [2.24, 2.45) is 11.7 Å². The molecule has 2 aromatic rings. The fraction of sp³-hybridized carbons (Fsp3) is 0.412. The van der Waals surface area contributed by atoms with Crippen molar-refractivity contribution in [3.8, 4) is 11.3 Å². The largest absolute Gasteiger partial charge is 0.340 e. The number of anilines is 1. The first-order chi connectivity index (χ1) is 10.3. The van der Waals surface area contributed by atoms with Crippen LogP contribution >= 0.6 is 0 Å². The summed E-state index contributed by atoms with van der Waals surface area (Å²) in [6.07, 6.45) is 4.23. The number of aryl methyl sites for hydroxylation is 1. The average Bonchev–Trinajstić information content (AvgIpc) is 2.55. The standard InChI is InChI=1S/C17H22N4/c1-13-4-2-6-15(10-13)16-7-8-19-17(20-16)21-9-3-5-14(11-18)12-21/h2,4,6-8,10,14H,3,5,9,11-12,18H2,1H3. The summed E-state index contributed by atoms with van der Waals surface area (Å²) in [7, 11) is 0. The number of nitrogens with two attached hydrogens (primary N) is 1. The Bertz CT molecular complexity index is 611. The Hall–Kier alpha value is -1.94.